The van der Waals surface area contributed by atoms with Gasteiger partial charge >= 0.3 is 0 Å². The van der Waals surface area contributed by atoms with Crippen molar-refractivity contribution < 1.29 is 5.11 Å². The summed E-state index contributed by atoms with van der Waals surface area (Å²) in [5.74, 6) is 0. The lowest BCUT2D eigenvalue weighted by Gasteiger charge is -2.02. The van der Waals surface area contributed by atoms with Crippen molar-refractivity contribution in [3.05, 3.63) is 39.7 Å². The van der Waals surface area contributed by atoms with Gasteiger partial charge in [0.25, 0.3) is 0 Å². The number of hydrogen-bond acceptors (Lipinski definition) is 3. The van der Waals surface area contributed by atoms with Gasteiger partial charge in [0.1, 0.15) is 0 Å². The number of thiazole rings is 1. The molecular formula is C14H15NOS. The quantitative estimate of drug-likeness (QED) is 0.902. The van der Waals surface area contributed by atoms with E-state index in [1.807, 2.05) is 0 Å². The van der Waals surface area contributed by atoms with Gasteiger partial charge in [0.05, 0.1) is 10.7 Å². The molecule has 1 heterocycles. The average Bonchev–Trinajstić information content (AvgIpc) is 2.96. The van der Waals surface area contributed by atoms with Crippen LogP contribution in [0, 0.1) is 0 Å². The van der Waals surface area contributed by atoms with Crippen LogP contribution in [0.2, 0.25) is 0 Å². The summed E-state index contributed by atoms with van der Waals surface area (Å²) in [6.45, 7) is 0.178. The lowest BCUT2D eigenvalue weighted by atomic mass is 10.1. The summed E-state index contributed by atoms with van der Waals surface area (Å²) in [5.41, 5.74) is 5.25. The summed E-state index contributed by atoms with van der Waals surface area (Å²) in [6.07, 6.45) is 4.38. The highest BCUT2D eigenvalue weighted by molar-refractivity contribution is 7.09. The summed E-state index contributed by atoms with van der Waals surface area (Å²) >= 11 is 1.63. The molecule has 0 amide bonds. The van der Waals surface area contributed by atoms with Crippen molar-refractivity contribution in [2.45, 2.75) is 25.7 Å². The predicted molar refractivity (Wildman–Crippen MR) is 70.4 cm³/mol. The fourth-order valence-electron chi connectivity index (χ4n) is 2.39. The molecule has 0 saturated heterocycles. The van der Waals surface area contributed by atoms with Crippen molar-refractivity contribution in [3.8, 4) is 11.3 Å². The van der Waals surface area contributed by atoms with Crippen LogP contribution < -0.4 is 0 Å². The number of hydrogen-bond donors (Lipinski definition) is 1. The van der Waals surface area contributed by atoms with Gasteiger partial charge in [0, 0.05) is 24.0 Å². The first-order valence-corrected chi connectivity index (χ1v) is 6.92. The van der Waals surface area contributed by atoms with E-state index in [9.17, 15) is 0 Å². The molecule has 1 N–H and O–H groups in total. The van der Waals surface area contributed by atoms with E-state index in [0.717, 1.165) is 10.7 Å². The Hall–Kier alpha value is -1.19. The summed E-state index contributed by atoms with van der Waals surface area (Å²) in [4.78, 5) is 4.55. The minimum atomic E-state index is 0.178. The van der Waals surface area contributed by atoms with Gasteiger partial charge in [-0.1, -0.05) is 12.1 Å². The molecule has 3 rings (SSSR count). The highest BCUT2D eigenvalue weighted by Crippen LogP contribution is 2.28. The number of aromatic nitrogens is 1. The Kier molecular flexibility index (Phi) is 2.95. The number of aliphatic hydroxyl groups excluding tert-OH is 1. The second kappa shape index (κ2) is 4.59. The Morgan fingerprint density at radius 3 is 3.00 bits per heavy atom. The molecule has 1 aliphatic rings. The summed E-state index contributed by atoms with van der Waals surface area (Å²) in [7, 11) is 0. The number of nitrogens with zero attached hydrogens (tertiary/aromatic N) is 1. The zero-order valence-corrected chi connectivity index (χ0v) is 10.5. The van der Waals surface area contributed by atoms with Crippen LogP contribution >= 0.6 is 11.3 Å². The van der Waals surface area contributed by atoms with Crippen LogP contribution in [-0.4, -0.2) is 16.7 Å². The molecule has 2 aromatic rings. The SMILES string of the molecule is OCCc1nc(-c2ccc3c(c2)CCC3)cs1. The van der Waals surface area contributed by atoms with E-state index in [-0.39, 0.29) is 6.61 Å². The van der Waals surface area contributed by atoms with Crippen molar-refractivity contribution in [3.63, 3.8) is 0 Å². The van der Waals surface area contributed by atoms with Gasteiger partial charge in [-0.15, -0.1) is 11.3 Å². The largest absolute Gasteiger partial charge is 0.396 e. The highest BCUT2D eigenvalue weighted by Gasteiger charge is 2.12. The van der Waals surface area contributed by atoms with Crippen LogP contribution in [0.1, 0.15) is 22.6 Å². The van der Waals surface area contributed by atoms with Crippen LogP contribution in [0.3, 0.4) is 0 Å². The smallest absolute Gasteiger partial charge is 0.0955 e. The maximum atomic E-state index is 8.89. The van der Waals surface area contributed by atoms with Crippen molar-refractivity contribution in [1.29, 1.82) is 0 Å². The molecule has 0 aliphatic heterocycles. The molecule has 0 fully saturated rings. The van der Waals surface area contributed by atoms with E-state index in [0.29, 0.717) is 6.42 Å². The molecule has 88 valence electrons. The van der Waals surface area contributed by atoms with Crippen LogP contribution in [0.4, 0.5) is 0 Å². The first-order valence-electron chi connectivity index (χ1n) is 6.04. The number of aliphatic hydroxyl groups is 1. The zero-order chi connectivity index (χ0) is 11.7. The summed E-state index contributed by atoms with van der Waals surface area (Å²) < 4.78 is 0. The summed E-state index contributed by atoms with van der Waals surface area (Å²) in [6, 6.07) is 6.69. The maximum absolute atomic E-state index is 8.89. The van der Waals surface area contributed by atoms with Crippen LogP contribution in [0.25, 0.3) is 11.3 Å². The van der Waals surface area contributed by atoms with E-state index < -0.39 is 0 Å². The molecule has 0 spiro atoms. The maximum Gasteiger partial charge on any atom is 0.0955 e. The Morgan fingerprint density at radius 2 is 2.12 bits per heavy atom. The van der Waals surface area contributed by atoms with Gasteiger partial charge in [0.2, 0.25) is 0 Å². The lowest BCUT2D eigenvalue weighted by molar-refractivity contribution is 0.299. The normalized spacial score (nSPS) is 13.9. The molecule has 3 heteroatoms. The van der Waals surface area contributed by atoms with Gasteiger partial charge < -0.3 is 5.11 Å². The van der Waals surface area contributed by atoms with Crippen LogP contribution in [0.5, 0.6) is 0 Å². The van der Waals surface area contributed by atoms with Gasteiger partial charge in [-0.25, -0.2) is 4.98 Å². The van der Waals surface area contributed by atoms with E-state index in [1.54, 1.807) is 11.3 Å². The molecule has 17 heavy (non-hydrogen) atoms. The third kappa shape index (κ3) is 2.13. The monoisotopic (exact) mass is 245 g/mol. The molecule has 0 saturated carbocycles. The van der Waals surface area contributed by atoms with Crippen molar-refractivity contribution >= 4 is 11.3 Å². The second-order valence-corrected chi connectivity index (χ2v) is 5.38. The molecule has 0 atom stereocenters. The van der Waals surface area contributed by atoms with E-state index in [2.05, 4.69) is 28.6 Å². The zero-order valence-electron chi connectivity index (χ0n) is 9.65. The lowest BCUT2D eigenvalue weighted by Crippen LogP contribution is -1.89. The van der Waals surface area contributed by atoms with Crippen molar-refractivity contribution in [2.75, 3.05) is 6.61 Å². The van der Waals surface area contributed by atoms with Gasteiger partial charge in [0.15, 0.2) is 0 Å². The minimum absolute atomic E-state index is 0.178. The Morgan fingerprint density at radius 1 is 1.24 bits per heavy atom. The Labute approximate surface area is 105 Å². The van der Waals surface area contributed by atoms with Crippen LogP contribution in [-0.2, 0) is 19.3 Å². The Bertz CT molecular complexity index is 533. The highest BCUT2D eigenvalue weighted by atomic mass is 32.1. The van der Waals surface area contributed by atoms with E-state index in [4.69, 9.17) is 5.11 Å². The second-order valence-electron chi connectivity index (χ2n) is 4.44. The van der Waals surface area contributed by atoms with Gasteiger partial charge in [-0.2, -0.15) is 0 Å². The van der Waals surface area contributed by atoms with Crippen LogP contribution in [0.15, 0.2) is 23.6 Å². The number of benzene rings is 1. The number of aryl methyl sites for hydroxylation is 2. The van der Waals surface area contributed by atoms with E-state index >= 15 is 0 Å². The van der Waals surface area contributed by atoms with Gasteiger partial charge in [-0.3, -0.25) is 0 Å². The molecule has 0 bridgehead atoms. The van der Waals surface area contributed by atoms with Crippen molar-refractivity contribution in [1.82, 2.24) is 4.98 Å². The fourth-order valence-corrected chi connectivity index (χ4v) is 3.18. The van der Waals surface area contributed by atoms with Gasteiger partial charge in [-0.05, 0) is 36.5 Å². The fraction of sp³-hybridized carbons (Fsp3) is 0.357. The first kappa shape index (κ1) is 10.9. The van der Waals surface area contributed by atoms with Crippen molar-refractivity contribution in [2.24, 2.45) is 0 Å². The summed E-state index contributed by atoms with van der Waals surface area (Å²) in [5, 5.41) is 12.0. The topological polar surface area (TPSA) is 33.1 Å². The number of rotatable bonds is 3. The predicted octanol–water partition coefficient (Wildman–Crippen LogP) is 2.83. The molecule has 0 unspecified atom stereocenters. The molecule has 0 radical (unpaired) electrons. The molecule has 1 aliphatic carbocycles. The van der Waals surface area contributed by atoms with E-state index in [1.165, 1.54) is 36.0 Å². The molecule has 2 nitrogen and oxygen atoms in total. The number of fused-ring (bicyclic) bond motifs is 1. The molecule has 1 aromatic carbocycles. The Balaban J connectivity index is 1.92. The average molecular weight is 245 g/mol. The third-order valence-corrected chi connectivity index (χ3v) is 4.18. The molecular weight excluding hydrogens is 230 g/mol. The third-order valence-electron chi connectivity index (χ3n) is 3.27. The molecule has 1 aromatic heterocycles. The first-order chi connectivity index (χ1) is 8.36. The standard InChI is InChI=1S/C14H15NOS/c16-7-6-14-15-13(9-17-14)12-5-4-10-2-1-3-11(10)8-12/h4-5,8-9,16H,1-3,6-7H2. The minimum Gasteiger partial charge on any atom is -0.396 e.